The summed E-state index contributed by atoms with van der Waals surface area (Å²) in [7, 11) is 0. The Balaban J connectivity index is 3.04. The van der Waals surface area contributed by atoms with E-state index in [0.29, 0.717) is 12.2 Å². The first kappa shape index (κ1) is 13.6. The number of esters is 1. The van der Waals surface area contributed by atoms with Gasteiger partial charge in [-0.3, -0.25) is 0 Å². The zero-order valence-electron chi connectivity index (χ0n) is 11.2. The molecule has 94 valence electrons. The standard InChI is InChI=1S/C14H20O3/c1-6-16-14(15)12-7-10(4)13(11(5)8-12)17-9(2)3/h7-9H,6H2,1-5H3. The molecule has 17 heavy (non-hydrogen) atoms. The maximum Gasteiger partial charge on any atom is 0.338 e. The fourth-order valence-electron chi connectivity index (χ4n) is 1.70. The highest BCUT2D eigenvalue weighted by Crippen LogP contribution is 2.26. The number of carbonyl (C=O) groups is 1. The molecule has 0 spiro atoms. The van der Waals surface area contributed by atoms with E-state index in [2.05, 4.69) is 0 Å². The van der Waals surface area contributed by atoms with E-state index in [1.54, 1.807) is 6.92 Å². The lowest BCUT2D eigenvalue weighted by molar-refractivity contribution is 0.0526. The van der Waals surface area contributed by atoms with Crippen molar-refractivity contribution in [3.8, 4) is 5.75 Å². The minimum absolute atomic E-state index is 0.126. The molecule has 1 aromatic rings. The van der Waals surface area contributed by atoms with Crippen LogP contribution in [0.3, 0.4) is 0 Å². The van der Waals surface area contributed by atoms with Crippen LogP contribution in [0.1, 0.15) is 42.3 Å². The van der Waals surface area contributed by atoms with Crippen molar-refractivity contribution in [1.82, 2.24) is 0 Å². The van der Waals surface area contributed by atoms with Crippen molar-refractivity contribution in [1.29, 1.82) is 0 Å². The Morgan fingerprint density at radius 3 is 2.18 bits per heavy atom. The largest absolute Gasteiger partial charge is 0.490 e. The summed E-state index contributed by atoms with van der Waals surface area (Å²) < 4.78 is 10.7. The van der Waals surface area contributed by atoms with Gasteiger partial charge in [0.25, 0.3) is 0 Å². The number of rotatable bonds is 4. The molecule has 0 N–H and O–H groups in total. The normalized spacial score (nSPS) is 10.5. The van der Waals surface area contributed by atoms with E-state index in [4.69, 9.17) is 9.47 Å². The summed E-state index contributed by atoms with van der Waals surface area (Å²) in [6, 6.07) is 3.62. The highest BCUT2D eigenvalue weighted by Gasteiger charge is 2.13. The van der Waals surface area contributed by atoms with Crippen molar-refractivity contribution in [2.75, 3.05) is 6.61 Å². The monoisotopic (exact) mass is 236 g/mol. The maximum absolute atomic E-state index is 11.6. The van der Waals surface area contributed by atoms with Gasteiger partial charge in [-0.25, -0.2) is 4.79 Å². The van der Waals surface area contributed by atoms with Crippen LogP contribution in [0.4, 0.5) is 0 Å². The Kier molecular flexibility index (Phi) is 4.55. The molecule has 0 bridgehead atoms. The summed E-state index contributed by atoms with van der Waals surface area (Å²) in [6.07, 6.45) is 0.126. The van der Waals surface area contributed by atoms with Gasteiger partial charge in [0.2, 0.25) is 0 Å². The lowest BCUT2D eigenvalue weighted by Crippen LogP contribution is -2.10. The summed E-state index contributed by atoms with van der Waals surface area (Å²) in [5.41, 5.74) is 2.50. The number of ether oxygens (including phenoxy) is 2. The van der Waals surface area contributed by atoms with Gasteiger partial charge in [-0.05, 0) is 57.9 Å². The molecular formula is C14H20O3. The van der Waals surface area contributed by atoms with Crippen molar-refractivity contribution < 1.29 is 14.3 Å². The molecule has 0 saturated heterocycles. The van der Waals surface area contributed by atoms with Crippen molar-refractivity contribution in [2.45, 2.75) is 40.7 Å². The molecule has 3 nitrogen and oxygen atoms in total. The van der Waals surface area contributed by atoms with E-state index >= 15 is 0 Å². The highest BCUT2D eigenvalue weighted by molar-refractivity contribution is 5.90. The number of aryl methyl sites for hydroxylation is 2. The third kappa shape index (κ3) is 3.48. The second-order valence-corrected chi connectivity index (χ2v) is 4.33. The summed E-state index contributed by atoms with van der Waals surface area (Å²) >= 11 is 0. The molecule has 0 heterocycles. The van der Waals surface area contributed by atoms with Gasteiger partial charge < -0.3 is 9.47 Å². The molecule has 0 aliphatic carbocycles. The van der Waals surface area contributed by atoms with Crippen molar-refractivity contribution in [2.24, 2.45) is 0 Å². The Bertz CT molecular complexity index is 385. The summed E-state index contributed by atoms with van der Waals surface area (Å²) in [5, 5.41) is 0. The van der Waals surface area contributed by atoms with Gasteiger partial charge in [-0.1, -0.05) is 0 Å². The van der Waals surface area contributed by atoms with Gasteiger partial charge in [-0.2, -0.15) is 0 Å². The molecule has 0 amide bonds. The molecule has 1 rings (SSSR count). The molecule has 0 atom stereocenters. The average Bonchev–Trinajstić information content (AvgIpc) is 2.23. The molecule has 0 radical (unpaired) electrons. The fraction of sp³-hybridized carbons (Fsp3) is 0.500. The SMILES string of the molecule is CCOC(=O)c1cc(C)c(OC(C)C)c(C)c1. The van der Waals surface area contributed by atoms with E-state index in [1.807, 2.05) is 39.8 Å². The van der Waals surface area contributed by atoms with Gasteiger partial charge in [0.15, 0.2) is 0 Å². The van der Waals surface area contributed by atoms with Crippen LogP contribution in [0.5, 0.6) is 5.75 Å². The highest BCUT2D eigenvalue weighted by atomic mass is 16.5. The number of hydrogen-bond acceptors (Lipinski definition) is 3. The van der Waals surface area contributed by atoms with Gasteiger partial charge >= 0.3 is 5.97 Å². The minimum atomic E-state index is -0.283. The zero-order chi connectivity index (χ0) is 13.0. The predicted molar refractivity (Wildman–Crippen MR) is 67.6 cm³/mol. The smallest absolute Gasteiger partial charge is 0.338 e. The first-order valence-corrected chi connectivity index (χ1v) is 5.90. The van der Waals surface area contributed by atoms with Crippen molar-refractivity contribution in [3.05, 3.63) is 28.8 Å². The maximum atomic E-state index is 11.6. The van der Waals surface area contributed by atoms with E-state index < -0.39 is 0 Å². The van der Waals surface area contributed by atoms with Crippen LogP contribution in [0, 0.1) is 13.8 Å². The van der Waals surface area contributed by atoms with E-state index in [9.17, 15) is 4.79 Å². The quantitative estimate of drug-likeness (QED) is 0.753. The molecule has 0 unspecified atom stereocenters. The zero-order valence-corrected chi connectivity index (χ0v) is 11.2. The van der Waals surface area contributed by atoms with Crippen LogP contribution < -0.4 is 4.74 Å². The van der Waals surface area contributed by atoms with Gasteiger partial charge in [-0.15, -0.1) is 0 Å². The topological polar surface area (TPSA) is 35.5 Å². The second kappa shape index (κ2) is 5.71. The Hall–Kier alpha value is -1.51. The van der Waals surface area contributed by atoms with Crippen LogP contribution in [0.25, 0.3) is 0 Å². The lowest BCUT2D eigenvalue weighted by Gasteiger charge is -2.16. The Morgan fingerprint density at radius 2 is 1.76 bits per heavy atom. The lowest BCUT2D eigenvalue weighted by atomic mass is 10.1. The molecule has 0 aliphatic heterocycles. The molecule has 3 heteroatoms. The summed E-state index contributed by atoms with van der Waals surface area (Å²) in [5.74, 6) is 0.572. The van der Waals surface area contributed by atoms with Crippen molar-refractivity contribution in [3.63, 3.8) is 0 Å². The molecule has 0 fully saturated rings. The van der Waals surface area contributed by atoms with E-state index in [0.717, 1.165) is 16.9 Å². The van der Waals surface area contributed by atoms with E-state index in [-0.39, 0.29) is 12.1 Å². The van der Waals surface area contributed by atoms with Crippen LogP contribution in [-0.2, 0) is 4.74 Å². The molecule has 0 saturated carbocycles. The molecular weight excluding hydrogens is 216 g/mol. The summed E-state index contributed by atoms with van der Waals surface area (Å²) in [6.45, 7) is 10.0. The van der Waals surface area contributed by atoms with Crippen LogP contribution in [0.2, 0.25) is 0 Å². The predicted octanol–water partition coefficient (Wildman–Crippen LogP) is 3.27. The first-order valence-electron chi connectivity index (χ1n) is 5.90. The van der Waals surface area contributed by atoms with Gasteiger partial charge in [0.1, 0.15) is 5.75 Å². The summed E-state index contributed by atoms with van der Waals surface area (Å²) in [4.78, 5) is 11.6. The molecule has 0 aliphatic rings. The van der Waals surface area contributed by atoms with E-state index in [1.165, 1.54) is 0 Å². The average molecular weight is 236 g/mol. The van der Waals surface area contributed by atoms with Crippen LogP contribution in [0.15, 0.2) is 12.1 Å². The molecule has 1 aromatic carbocycles. The fourth-order valence-corrected chi connectivity index (χ4v) is 1.70. The minimum Gasteiger partial charge on any atom is -0.490 e. The van der Waals surface area contributed by atoms with Gasteiger partial charge in [0, 0.05) is 0 Å². The Labute approximate surface area is 103 Å². The van der Waals surface area contributed by atoms with Crippen molar-refractivity contribution >= 4 is 5.97 Å². The number of hydrogen-bond donors (Lipinski definition) is 0. The first-order chi connectivity index (χ1) is 7.95. The third-order valence-electron chi connectivity index (χ3n) is 2.33. The number of carbonyl (C=O) groups excluding carboxylic acids is 1. The molecule has 0 aromatic heterocycles. The third-order valence-corrected chi connectivity index (χ3v) is 2.33. The van der Waals surface area contributed by atoms with Gasteiger partial charge in [0.05, 0.1) is 18.3 Å². The van der Waals surface area contributed by atoms with Crippen LogP contribution in [-0.4, -0.2) is 18.7 Å². The Morgan fingerprint density at radius 1 is 1.24 bits per heavy atom. The van der Waals surface area contributed by atoms with Crippen LogP contribution >= 0.6 is 0 Å². The number of benzene rings is 1. The second-order valence-electron chi connectivity index (χ2n) is 4.33.